The van der Waals surface area contributed by atoms with Gasteiger partial charge in [-0.05, 0) is 73.2 Å². The number of rotatable bonds is 20. The predicted octanol–water partition coefficient (Wildman–Crippen LogP) is 11.3. The fraction of sp³-hybridized carbons (Fsp3) is 0.500. The van der Waals surface area contributed by atoms with Crippen molar-refractivity contribution in [3.8, 4) is 16.9 Å². The van der Waals surface area contributed by atoms with E-state index in [9.17, 15) is 4.79 Å². The first kappa shape index (κ1) is 32.6. The van der Waals surface area contributed by atoms with Gasteiger partial charge in [0, 0.05) is 6.61 Å². The summed E-state index contributed by atoms with van der Waals surface area (Å²) < 4.78 is 11.2. The van der Waals surface area contributed by atoms with Gasteiger partial charge in [-0.15, -0.1) is 0 Å². The summed E-state index contributed by atoms with van der Waals surface area (Å²) in [5, 5.41) is 0. The molecular formula is C38H52O3. The fourth-order valence-electron chi connectivity index (χ4n) is 5.33. The molecule has 0 saturated heterocycles. The minimum absolute atomic E-state index is 0.00546. The van der Waals surface area contributed by atoms with E-state index < -0.39 is 0 Å². The Hall–Kier alpha value is -2.91. The number of ether oxygens (including phenoxy) is 2. The molecule has 0 N–H and O–H groups in total. The Morgan fingerprint density at radius 1 is 0.610 bits per heavy atom. The van der Waals surface area contributed by atoms with Crippen molar-refractivity contribution in [1.29, 1.82) is 0 Å². The summed E-state index contributed by atoms with van der Waals surface area (Å²) in [6.45, 7) is 6.93. The summed E-state index contributed by atoms with van der Waals surface area (Å²) in [4.78, 5) is 12.6. The van der Waals surface area contributed by atoms with Crippen LogP contribution in [0.15, 0.2) is 72.8 Å². The topological polar surface area (TPSA) is 35.5 Å². The van der Waals surface area contributed by atoms with E-state index in [0.29, 0.717) is 17.9 Å². The van der Waals surface area contributed by atoms with Crippen LogP contribution in [0, 0.1) is 0 Å². The number of carbonyl (C=O) groups excluding carboxylic acids is 1. The van der Waals surface area contributed by atoms with E-state index in [1.807, 2.05) is 50.2 Å². The summed E-state index contributed by atoms with van der Waals surface area (Å²) in [5.41, 5.74) is 5.27. The highest BCUT2D eigenvalue weighted by Crippen LogP contribution is 2.24. The first-order valence-corrected chi connectivity index (χ1v) is 16.2. The Morgan fingerprint density at radius 3 is 1.61 bits per heavy atom. The second kappa shape index (κ2) is 19.3. The van der Waals surface area contributed by atoms with E-state index in [1.54, 1.807) is 12.1 Å². The van der Waals surface area contributed by atoms with Gasteiger partial charge in [0.05, 0.1) is 11.7 Å². The molecule has 41 heavy (non-hydrogen) atoms. The highest BCUT2D eigenvalue weighted by atomic mass is 16.5. The molecule has 3 heteroatoms. The number of hydrogen-bond acceptors (Lipinski definition) is 3. The molecule has 0 aliphatic carbocycles. The molecule has 0 spiro atoms. The summed E-state index contributed by atoms with van der Waals surface area (Å²) in [7, 11) is 0. The largest absolute Gasteiger partial charge is 0.423 e. The van der Waals surface area contributed by atoms with Crippen LogP contribution in [-0.4, -0.2) is 12.6 Å². The third-order valence-corrected chi connectivity index (χ3v) is 7.95. The molecule has 0 radical (unpaired) electrons. The zero-order chi connectivity index (χ0) is 29.1. The van der Waals surface area contributed by atoms with Crippen molar-refractivity contribution in [2.45, 2.75) is 117 Å². The predicted molar refractivity (Wildman–Crippen MR) is 173 cm³/mol. The summed E-state index contributed by atoms with van der Waals surface area (Å²) in [6, 6.07) is 24.1. The van der Waals surface area contributed by atoms with Crippen molar-refractivity contribution in [3.63, 3.8) is 0 Å². The molecule has 0 aliphatic heterocycles. The lowest BCUT2D eigenvalue weighted by molar-refractivity contribution is 0.0729. The van der Waals surface area contributed by atoms with Crippen LogP contribution >= 0.6 is 0 Å². The van der Waals surface area contributed by atoms with Crippen LogP contribution in [0.1, 0.15) is 132 Å². The van der Waals surface area contributed by atoms with Crippen LogP contribution in [-0.2, 0) is 11.2 Å². The first-order chi connectivity index (χ1) is 20.1. The quantitative estimate of drug-likeness (QED) is 0.0788. The number of aryl methyl sites for hydroxylation is 1. The molecule has 0 aromatic heterocycles. The molecule has 1 atom stereocenters. The number of carbonyl (C=O) groups is 1. The molecule has 0 amide bonds. The van der Waals surface area contributed by atoms with Gasteiger partial charge in [0.15, 0.2) is 0 Å². The Bertz CT molecular complexity index is 1100. The molecule has 3 nitrogen and oxygen atoms in total. The first-order valence-electron chi connectivity index (χ1n) is 16.2. The monoisotopic (exact) mass is 556 g/mol. The highest BCUT2D eigenvalue weighted by Gasteiger charge is 2.11. The minimum Gasteiger partial charge on any atom is -0.423 e. The molecule has 222 valence electrons. The number of unbranched alkanes of at least 4 members (excludes halogenated alkanes) is 12. The molecule has 0 heterocycles. The standard InChI is InChI=1S/C38H52O3/c1-4-6-7-8-9-10-11-12-13-14-15-16-17-18-32-19-21-34(22-20-32)35-27-29-37(30-28-35)41-38(39)36-25-23-33(24-26-36)31(3)40-5-2/h19-31H,4-18H2,1-3H3. The van der Waals surface area contributed by atoms with E-state index in [1.165, 1.54) is 94.6 Å². The molecule has 0 aliphatic rings. The highest BCUT2D eigenvalue weighted by molar-refractivity contribution is 5.91. The van der Waals surface area contributed by atoms with E-state index in [4.69, 9.17) is 9.47 Å². The zero-order valence-corrected chi connectivity index (χ0v) is 25.8. The lowest BCUT2D eigenvalue weighted by atomic mass is 10.0. The van der Waals surface area contributed by atoms with Gasteiger partial charge in [-0.2, -0.15) is 0 Å². The Balaban J connectivity index is 1.32. The molecule has 0 saturated carbocycles. The molecular weight excluding hydrogens is 504 g/mol. The summed E-state index contributed by atoms with van der Waals surface area (Å²) in [6.07, 6.45) is 19.2. The third kappa shape index (κ3) is 12.2. The Morgan fingerprint density at radius 2 is 1.10 bits per heavy atom. The van der Waals surface area contributed by atoms with Gasteiger partial charge in [0.2, 0.25) is 0 Å². The minimum atomic E-state index is -0.356. The van der Waals surface area contributed by atoms with E-state index in [0.717, 1.165) is 17.5 Å². The third-order valence-electron chi connectivity index (χ3n) is 7.95. The van der Waals surface area contributed by atoms with Crippen LogP contribution in [0.5, 0.6) is 5.75 Å². The smallest absolute Gasteiger partial charge is 0.343 e. The van der Waals surface area contributed by atoms with E-state index >= 15 is 0 Å². The zero-order valence-electron chi connectivity index (χ0n) is 25.8. The maximum Gasteiger partial charge on any atom is 0.343 e. The van der Waals surface area contributed by atoms with E-state index in [-0.39, 0.29) is 12.1 Å². The number of esters is 1. The van der Waals surface area contributed by atoms with Crippen molar-refractivity contribution in [3.05, 3.63) is 89.5 Å². The van der Waals surface area contributed by atoms with Gasteiger partial charge in [0.1, 0.15) is 5.75 Å². The average molecular weight is 557 g/mol. The Kier molecular flexibility index (Phi) is 15.3. The van der Waals surface area contributed by atoms with E-state index in [2.05, 4.69) is 31.2 Å². The maximum absolute atomic E-state index is 12.6. The molecule has 0 fully saturated rings. The van der Waals surface area contributed by atoms with Crippen LogP contribution in [0.3, 0.4) is 0 Å². The van der Waals surface area contributed by atoms with Crippen molar-refractivity contribution >= 4 is 5.97 Å². The second-order valence-corrected chi connectivity index (χ2v) is 11.3. The van der Waals surface area contributed by atoms with Crippen molar-refractivity contribution in [2.75, 3.05) is 6.61 Å². The molecule has 3 aromatic carbocycles. The van der Waals surface area contributed by atoms with Crippen molar-refractivity contribution in [2.24, 2.45) is 0 Å². The van der Waals surface area contributed by atoms with Gasteiger partial charge in [-0.1, -0.05) is 133 Å². The lowest BCUT2D eigenvalue weighted by Crippen LogP contribution is -2.09. The normalized spacial score (nSPS) is 11.9. The average Bonchev–Trinajstić information content (AvgIpc) is 3.00. The molecule has 1 unspecified atom stereocenters. The summed E-state index contributed by atoms with van der Waals surface area (Å²) in [5.74, 6) is 0.190. The second-order valence-electron chi connectivity index (χ2n) is 11.3. The van der Waals surface area contributed by atoms with Gasteiger partial charge in [-0.25, -0.2) is 4.79 Å². The molecule has 3 aromatic rings. The van der Waals surface area contributed by atoms with Gasteiger partial charge in [0.25, 0.3) is 0 Å². The van der Waals surface area contributed by atoms with Crippen LogP contribution in [0.4, 0.5) is 0 Å². The van der Waals surface area contributed by atoms with Gasteiger partial charge < -0.3 is 9.47 Å². The molecule has 3 rings (SSSR count). The van der Waals surface area contributed by atoms with Crippen molar-refractivity contribution in [1.82, 2.24) is 0 Å². The van der Waals surface area contributed by atoms with Crippen LogP contribution in [0.2, 0.25) is 0 Å². The molecule has 0 bridgehead atoms. The fourth-order valence-corrected chi connectivity index (χ4v) is 5.33. The Labute approximate surface area is 249 Å². The lowest BCUT2D eigenvalue weighted by Gasteiger charge is -2.12. The van der Waals surface area contributed by atoms with Crippen molar-refractivity contribution < 1.29 is 14.3 Å². The number of benzene rings is 3. The SMILES string of the molecule is CCCCCCCCCCCCCCCc1ccc(-c2ccc(OC(=O)c3ccc(C(C)OCC)cc3)cc2)cc1. The van der Waals surface area contributed by atoms with Gasteiger partial charge in [-0.3, -0.25) is 0 Å². The maximum atomic E-state index is 12.6. The van der Waals surface area contributed by atoms with Crippen LogP contribution < -0.4 is 4.74 Å². The summed E-state index contributed by atoms with van der Waals surface area (Å²) >= 11 is 0. The van der Waals surface area contributed by atoms with Gasteiger partial charge >= 0.3 is 5.97 Å². The van der Waals surface area contributed by atoms with Crippen LogP contribution in [0.25, 0.3) is 11.1 Å². The number of hydrogen-bond donors (Lipinski definition) is 0.